The van der Waals surface area contributed by atoms with Gasteiger partial charge in [0, 0.05) is 67.7 Å². The Kier molecular flexibility index (Phi) is 6.57. The lowest BCUT2D eigenvalue weighted by atomic mass is 9.78. The fourth-order valence-corrected chi connectivity index (χ4v) is 5.26. The lowest BCUT2D eigenvalue weighted by molar-refractivity contribution is -0.143. The number of carbonyl (C=O) groups is 1. The summed E-state index contributed by atoms with van der Waals surface area (Å²) in [6.45, 7) is 5.41. The molecule has 1 aromatic carbocycles. The monoisotopic (exact) mass is 455 g/mol. The third-order valence-electron chi connectivity index (χ3n) is 7.48. The summed E-state index contributed by atoms with van der Waals surface area (Å²) in [7, 11) is 0. The minimum absolute atomic E-state index is 0.300. The fraction of sp³-hybridized carbons (Fsp3) is 0.429. The van der Waals surface area contributed by atoms with E-state index in [1.165, 1.54) is 11.3 Å². The van der Waals surface area contributed by atoms with Crippen molar-refractivity contribution in [3.05, 3.63) is 83.9 Å². The molecule has 0 N–H and O–H groups in total. The number of aromatic nitrogens is 3. The Morgan fingerprint density at radius 2 is 1.62 bits per heavy atom. The SMILES string of the molecule is CC1(C(=O)N2CCC(c3cccc(Cc4ccccc4)n3)CC2)CCN(c2ncccn2)CC1. The molecule has 6 heteroatoms. The number of piperidine rings is 2. The highest BCUT2D eigenvalue weighted by molar-refractivity contribution is 5.82. The summed E-state index contributed by atoms with van der Waals surface area (Å²) in [6, 6.07) is 18.7. The van der Waals surface area contributed by atoms with Gasteiger partial charge in [0.2, 0.25) is 11.9 Å². The predicted octanol–water partition coefficient (Wildman–Crippen LogP) is 4.48. The summed E-state index contributed by atoms with van der Waals surface area (Å²) in [5.41, 5.74) is 3.27. The first-order chi connectivity index (χ1) is 16.6. The topological polar surface area (TPSA) is 62.2 Å². The van der Waals surface area contributed by atoms with Crippen LogP contribution in [0.25, 0.3) is 0 Å². The van der Waals surface area contributed by atoms with Gasteiger partial charge in [0.1, 0.15) is 0 Å². The first-order valence-corrected chi connectivity index (χ1v) is 12.4. The van der Waals surface area contributed by atoms with Crippen LogP contribution in [0.1, 0.15) is 55.5 Å². The minimum Gasteiger partial charge on any atom is -0.342 e. The second kappa shape index (κ2) is 9.92. The Labute approximate surface area is 202 Å². The molecule has 2 aliphatic heterocycles. The third-order valence-corrected chi connectivity index (χ3v) is 7.48. The minimum atomic E-state index is -0.300. The van der Waals surface area contributed by atoms with Crippen LogP contribution in [0.15, 0.2) is 67.0 Å². The van der Waals surface area contributed by atoms with Crippen LogP contribution in [-0.2, 0) is 11.2 Å². The van der Waals surface area contributed by atoms with E-state index in [0.717, 1.165) is 69.9 Å². The number of rotatable bonds is 5. The molecule has 0 aliphatic carbocycles. The standard InChI is InChI=1S/C28H33N5O/c1-28(13-19-33(20-14-28)27-29-15-6-16-30-27)26(34)32-17-11-23(12-18-32)25-10-5-9-24(31-25)21-22-7-3-2-4-8-22/h2-10,15-16,23H,11-14,17-21H2,1H3. The van der Waals surface area contributed by atoms with Gasteiger partial charge in [-0.15, -0.1) is 0 Å². The van der Waals surface area contributed by atoms with Crippen LogP contribution in [0.5, 0.6) is 0 Å². The molecule has 2 fully saturated rings. The lowest BCUT2D eigenvalue weighted by Crippen LogP contribution is -2.51. The second-order valence-corrected chi connectivity index (χ2v) is 9.88. The van der Waals surface area contributed by atoms with Crippen molar-refractivity contribution >= 4 is 11.9 Å². The number of benzene rings is 1. The number of hydrogen-bond acceptors (Lipinski definition) is 5. The molecule has 1 amide bonds. The van der Waals surface area contributed by atoms with Crippen molar-refractivity contribution in [2.24, 2.45) is 5.41 Å². The van der Waals surface area contributed by atoms with Crippen LogP contribution in [-0.4, -0.2) is 51.9 Å². The molecule has 34 heavy (non-hydrogen) atoms. The molecule has 3 aromatic rings. The molecule has 0 atom stereocenters. The highest BCUT2D eigenvalue weighted by Gasteiger charge is 2.41. The van der Waals surface area contributed by atoms with E-state index in [4.69, 9.17) is 4.98 Å². The van der Waals surface area contributed by atoms with Gasteiger partial charge in [-0.05, 0) is 49.4 Å². The van der Waals surface area contributed by atoms with Gasteiger partial charge in [-0.25, -0.2) is 9.97 Å². The van der Waals surface area contributed by atoms with Gasteiger partial charge in [-0.3, -0.25) is 9.78 Å². The molecule has 2 saturated heterocycles. The molecule has 4 heterocycles. The van der Waals surface area contributed by atoms with E-state index in [1.54, 1.807) is 12.4 Å². The van der Waals surface area contributed by atoms with Crippen LogP contribution in [0.3, 0.4) is 0 Å². The van der Waals surface area contributed by atoms with Crippen molar-refractivity contribution in [3.63, 3.8) is 0 Å². The Morgan fingerprint density at radius 1 is 0.912 bits per heavy atom. The molecule has 0 spiro atoms. The smallest absolute Gasteiger partial charge is 0.228 e. The number of nitrogens with zero attached hydrogens (tertiary/aromatic N) is 5. The number of pyridine rings is 1. The molecular formula is C28H33N5O. The molecule has 0 saturated carbocycles. The highest BCUT2D eigenvalue weighted by Crippen LogP contribution is 2.36. The Morgan fingerprint density at radius 3 is 2.32 bits per heavy atom. The van der Waals surface area contributed by atoms with E-state index < -0.39 is 0 Å². The Balaban J connectivity index is 1.16. The second-order valence-electron chi connectivity index (χ2n) is 9.88. The van der Waals surface area contributed by atoms with E-state index in [1.807, 2.05) is 12.1 Å². The van der Waals surface area contributed by atoms with Crippen molar-refractivity contribution in [1.82, 2.24) is 19.9 Å². The molecule has 0 unspecified atom stereocenters. The van der Waals surface area contributed by atoms with Crippen LogP contribution >= 0.6 is 0 Å². The molecular weight excluding hydrogens is 422 g/mol. The maximum atomic E-state index is 13.5. The summed E-state index contributed by atoms with van der Waals surface area (Å²) in [5, 5.41) is 0. The number of hydrogen-bond donors (Lipinski definition) is 0. The van der Waals surface area contributed by atoms with E-state index >= 15 is 0 Å². The van der Waals surface area contributed by atoms with Crippen LogP contribution < -0.4 is 4.90 Å². The number of amides is 1. The van der Waals surface area contributed by atoms with Gasteiger partial charge in [0.15, 0.2) is 0 Å². The van der Waals surface area contributed by atoms with E-state index in [-0.39, 0.29) is 5.41 Å². The molecule has 2 aliphatic rings. The molecule has 0 radical (unpaired) electrons. The van der Waals surface area contributed by atoms with Gasteiger partial charge in [-0.1, -0.05) is 43.3 Å². The third kappa shape index (κ3) is 4.96. The summed E-state index contributed by atoms with van der Waals surface area (Å²) >= 11 is 0. The average molecular weight is 456 g/mol. The first kappa shape index (κ1) is 22.5. The number of likely N-dealkylation sites (tertiary alicyclic amines) is 1. The van der Waals surface area contributed by atoms with Gasteiger partial charge in [-0.2, -0.15) is 0 Å². The normalized spacial score (nSPS) is 18.6. The van der Waals surface area contributed by atoms with E-state index in [0.29, 0.717) is 11.8 Å². The highest BCUT2D eigenvalue weighted by atomic mass is 16.2. The predicted molar refractivity (Wildman–Crippen MR) is 134 cm³/mol. The Bertz CT molecular complexity index is 1090. The Hall–Kier alpha value is -3.28. The van der Waals surface area contributed by atoms with Crippen molar-refractivity contribution in [3.8, 4) is 0 Å². The number of carbonyl (C=O) groups excluding carboxylic acids is 1. The molecule has 0 bridgehead atoms. The van der Waals surface area contributed by atoms with Crippen molar-refractivity contribution in [2.45, 2.75) is 44.9 Å². The van der Waals surface area contributed by atoms with Gasteiger partial charge in [0.25, 0.3) is 0 Å². The zero-order valence-electron chi connectivity index (χ0n) is 19.9. The molecule has 2 aromatic heterocycles. The maximum absolute atomic E-state index is 13.5. The van der Waals surface area contributed by atoms with E-state index in [2.05, 4.69) is 69.2 Å². The fourth-order valence-electron chi connectivity index (χ4n) is 5.26. The zero-order valence-corrected chi connectivity index (χ0v) is 19.9. The van der Waals surface area contributed by atoms with Gasteiger partial charge < -0.3 is 9.80 Å². The molecule has 5 rings (SSSR count). The van der Waals surface area contributed by atoms with Crippen LogP contribution in [0.2, 0.25) is 0 Å². The lowest BCUT2D eigenvalue weighted by Gasteiger charge is -2.42. The van der Waals surface area contributed by atoms with E-state index in [9.17, 15) is 4.79 Å². The van der Waals surface area contributed by atoms with Crippen molar-refractivity contribution in [1.29, 1.82) is 0 Å². The summed E-state index contributed by atoms with van der Waals surface area (Å²) in [5.74, 6) is 1.50. The summed E-state index contributed by atoms with van der Waals surface area (Å²) in [6.07, 6.45) is 8.05. The van der Waals surface area contributed by atoms with Crippen molar-refractivity contribution < 1.29 is 4.79 Å². The van der Waals surface area contributed by atoms with Crippen LogP contribution in [0, 0.1) is 5.41 Å². The van der Waals surface area contributed by atoms with Crippen LogP contribution in [0.4, 0.5) is 5.95 Å². The van der Waals surface area contributed by atoms with Crippen molar-refractivity contribution in [2.75, 3.05) is 31.1 Å². The quantitative estimate of drug-likeness (QED) is 0.568. The molecule has 176 valence electrons. The van der Waals surface area contributed by atoms with Gasteiger partial charge >= 0.3 is 0 Å². The first-order valence-electron chi connectivity index (χ1n) is 12.4. The maximum Gasteiger partial charge on any atom is 0.228 e. The van der Waals surface area contributed by atoms with Gasteiger partial charge in [0.05, 0.1) is 0 Å². The summed E-state index contributed by atoms with van der Waals surface area (Å²) < 4.78 is 0. The number of anilines is 1. The average Bonchev–Trinajstić information content (AvgIpc) is 2.90. The largest absolute Gasteiger partial charge is 0.342 e. The summed E-state index contributed by atoms with van der Waals surface area (Å²) in [4.78, 5) is 31.5. The molecule has 6 nitrogen and oxygen atoms in total. The zero-order chi connectivity index (χ0) is 23.4.